The summed E-state index contributed by atoms with van der Waals surface area (Å²) < 4.78 is 4.58. The van der Waals surface area contributed by atoms with Crippen molar-refractivity contribution in [2.45, 2.75) is 39.2 Å². The van der Waals surface area contributed by atoms with Crippen molar-refractivity contribution in [2.75, 3.05) is 0 Å². The Bertz CT molecular complexity index is 399. The van der Waals surface area contributed by atoms with Crippen LogP contribution in [0.2, 0.25) is 0 Å². The molecular weight excluding hydrogens is 248 g/mol. The quantitative estimate of drug-likeness (QED) is 0.872. The number of aromatic nitrogens is 1. The van der Waals surface area contributed by atoms with Crippen molar-refractivity contribution < 1.29 is 19.4 Å². The first-order chi connectivity index (χ1) is 8.70. The van der Waals surface area contributed by atoms with Gasteiger partial charge in [0.1, 0.15) is 5.60 Å². The fraction of sp³-hybridized carbons (Fsp3) is 0.462. The molecule has 106 valence electrons. The lowest BCUT2D eigenvalue weighted by Crippen LogP contribution is -2.27. The Morgan fingerprint density at radius 3 is 2.16 bits per heavy atom. The van der Waals surface area contributed by atoms with E-state index in [0.29, 0.717) is 6.42 Å². The van der Waals surface area contributed by atoms with Gasteiger partial charge in [0, 0.05) is 18.8 Å². The summed E-state index contributed by atoms with van der Waals surface area (Å²) in [7, 11) is 0. The van der Waals surface area contributed by atoms with E-state index in [-0.39, 0.29) is 6.42 Å². The number of aryl methyl sites for hydroxylation is 1. The van der Waals surface area contributed by atoms with E-state index in [2.05, 4.69) is 9.72 Å². The lowest BCUT2D eigenvalue weighted by molar-refractivity contribution is -0.136. The van der Waals surface area contributed by atoms with Gasteiger partial charge in [-0.3, -0.25) is 9.78 Å². The fourth-order valence-electron chi connectivity index (χ4n) is 1.10. The van der Waals surface area contributed by atoms with E-state index in [9.17, 15) is 9.59 Å². The highest BCUT2D eigenvalue weighted by molar-refractivity contribution is 5.67. The Kier molecular flexibility index (Phi) is 7.18. The van der Waals surface area contributed by atoms with Crippen molar-refractivity contribution in [2.24, 2.45) is 5.73 Å². The van der Waals surface area contributed by atoms with Gasteiger partial charge >= 0.3 is 12.1 Å². The Morgan fingerprint density at radius 2 is 1.84 bits per heavy atom. The minimum absolute atomic E-state index is 0.185. The molecule has 0 aliphatic carbocycles. The molecule has 3 N–H and O–H groups in total. The molecule has 6 heteroatoms. The predicted octanol–water partition coefficient (Wildman–Crippen LogP) is 1.98. The summed E-state index contributed by atoms with van der Waals surface area (Å²) in [6.45, 7) is 5.28. The lowest BCUT2D eigenvalue weighted by atomic mass is 10.1. The van der Waals surface area contributed by atoms with Crippen LogP contribution in [0.1, 0.15) is 32.8 Å². The van der Waals surface area contributed by atoms with Crippen molar-refractivity contribution in [3.05, 3.63) is 30.1 Å². The largest absolute Gasteiger partial charge is 0.481 e. The van der Waals surface area contributed by atoms with Crippen LogP contribution in [0.5, 0.6) is 0 Å². The van der Waals surface area contributed by atoms with Gasteiger partial charge in [0.2, 0.25) is 0 Å². The maximum atomic E-state index is 10.2. The van der Waals surface area contributed by atoms with E-state index in [1.165, 1.54) is 0 Å². The number of hydrogen-bond donors (Lipinski definition) is 2. The summed E-state index contributed by atoms with van der Waals surface area (Å²) in [5.41, 5.74) is 5.28. The van der Waals surface area contributed by atoms with Crippen molar-refractivity contribution in [1.29, 1.82) is 0 Å². The van der Waals surface area contributed by atoms with E-state index >= 15 is 0 Å². The smallest absolute Gasteiger partial charge is 0.405 e. The van der Waals surface area contributed by atoms with Gasteiger partial charge in [-0.2, -0.15) is 0 Å². The summed E-state index contributed by atoms with van der Waals surface area (Å²) in [5.74, 6) is -0.762. The van der Waals surface area contributed by atoms with Gasteiger partial charge in [-0.05, 0) is 44.9 Å². The van der Waals surface area contributed by atoms with Gasteiger partial charge in [-0.15, -0.1) is 0 Å². The van der Waals surface area contributed by atoms with Crippen molar-refractivity contribution in [3.63, 3.8) is 0 Å². The molecule has 6 nitrogen and oxygen atoms in total. The number of carboxylic acid groups (broad SMARTS) is 1. The minimum atomic E-state index is -0.762. The van der Waals surface area contributed by atoms with Crippen molar-refractivity contribution in [3.8, 4) is 0 Å². The molecule has 0 aliphatic heterocycles. The first-order valence-electron chi connectivity index (χ1n) is 5.80. The normalized spacial score (nSPS) is 10.1. The second-order valence-corrected chi connectivity index (χ2v) is 4.78. The van der Waals surface area contributed by atoms with Gasteiger partial charge < -0.3 is 15.6 Å². The highest BCUT2D eigenvalue weighted by atomic mass is 16.6. The molecule has 19 heavy (non-hydrogen) atoms. The molecule has 0 fully saturated rings. The minimum Gasteiger partial charge on any atom is -0.481 e. The third-order valence-corrected chi connectivity index (χ3v) is 1.78. The van der Waals surface area contributed by atoms with Crippen LogP contribution in [0.4, 0.5) is 4.79 Å². The summed E-state index contributed by atoms with van der Waals surface area (Å²) in [6.07, 6.45) is 3.37. The van der Waals surface area contributed by atoms with E-state index in [1.807, 2.05) is 12.1 Å². The van der Waals surface area contributed by atoms with Crippen LogP contribution in [0, 0.1) is 0 Å². The Balaban J connectivity index is 0.000000362. The van der Waals surface area contributed by atoms with Crippen LogP contribution in [0.15, 0.2) is 24.5 Å². The number of hydrogen-bond acceptors (Lipinski definition) is 4. The third kappa shape index (κ3) is 12.1. The highest BCUT2D eigenvalue weighted by Gasteiger charge is 2.12. The number of nitrogens with two attached hydrogens (primary N) is 1. The van der Waals surface area contributed by atoms with E-state index in [0.717, 1.165) is 5.56 Å². The van der Waals surface area contributed by atoms with Gasteiger partial charge in [0.25, 0.3) is 0 Å². The number of primary amides is 1. The number of aliphatic carboxylic acids is 1. The average Bonchev–Trinajstić information content (AvgIpc) is 2.25. The molecule has 0 atom stereocenters. The number of rotatable bonds is 3. The third-order valence-electron chi connectivity index (χ3n) is 1.78. The molecule has 0 saturated carbocycles. The second-order valence-electron chi connectivity index (χ2n) is 4.78. The monoisotopic (exact) mass is 268 g/mol. The maximum absolute atomic E-state index is 10.2. The number of pyridine rings is 1. The Hall–Kier alpha value is -2.11. The molecule has 0 spiro atoms. The Labute approximate surface area is 112 Å². The molecule has 0 saturated heterocycles. The van der Waals surface area contributed by atoms with Gasteiger partial charge in [0.05, 0.1) is 0 Å². The van der Waals surface area contributed by atoms with E-state index in [1.54, 1.807) is 33.2 Å². The first kappa shape index (κ1) is 16.9. The number of amides is 1. The van der Waals surface area contributed by atoms with Gasteiger partial charge in [-0.1, -0.05) is 0 Å². The van der Waals surface area contributed by atoms with E-state index < -0.39 is 17.7 Å². The molecule has 0 unspecified atom stereocenters. The van der Waals surface area contributed by atoms with Crippen molar-refractivity contribution >= 4 is 12.1 Å². The molecule has 0 aliphatic rings. The molecule has 1 aromatic heterocycles. The van der Waals surface area contributed by atoms with Crippen LogP contribution in [-0.4, -0.2) is 27.8 Å². The van der Waals surface area contributed by atoms with Gasteiger partial charge in [-0.25, -0.2) is 4.79 Å². The number of carboxylic acids is 1. The number of ether oxygens (including phenoxy) is 1. The number of nitrogens with zero attached hydrogens (tertiary/aromatic N) is 1. The van der Waals surface area contributed by atoms with Crippen molar-refractivity contribution in [1.82, 2.24) is 4.98 Å². The summed E-state index contributed by atoms with van der Waals surface area (Å²) in [5, 5.41) is 8.36. The molecule has 0 bridgehead atoms. The summed E-state index contributed by atoms with van der Waals surface area (Å²) in [4.78, 5) is 24.0. The van der Waals surface area contributed by atoms with E-state index in [4.69, 9.17) is 10.8 Å². The molecule has 0 radical (unpaired) electrons. The Morgan fingerprint density at radius 1 is 1.32 bits per heavy atom. The zero-order chi connectivity index (χ0) is 14.9. The first-order valence-corrected chi connectivity index (χ1v) is 5.80. The molecule has 1 rings (SSSR count). The van der Waals surface area contributed by atoms with Crippen LogP contribution in [-0.2, 0) is 16.0 Å². The standard InChI is InChI=1S/C8H9NO2.C5H11NO2/c10-8(11)2-1-7-3-5-9-6-4-7;1-5(2,3)8-4(6)7/h3-6H,1-2H2,(H,10,11);1-3H3,(H2,6,7). The zero-order valence-corrected chi connectivity index (χ0v) is 11.4. The predicted molar refractivity (Wildman–Crippen MR) is 70.6 cm³/mol. The molecule has 1 aromatic rings. The van der Waals surface area contributed by atoms with Gasteiger partial charge in [0.15, 0.2) is 0 Å². The molecular formula is C13H20N2O4. The number of carbonyl (C=O) groups is 2. The SMILES string of the molecule is CC(C)(C)OC(N)=O.O=C(O)CCc1ccncc1. The van der Waals surface area contributed by atoms with Crippen LogP contribution in [0.3, 0.4) is 0 Å². The maximum Gasteiger partial charge on any atom is 0.405 e. The zero-order valence-electron chi connectivity index (χ0n) is 11.4. The average molecular weight is 268 g/mol. The van der Waals surface area contributed by atoms with Crippen LogP contribution >= 0.6 is 0 Å². The molecule has 0 aromatic carbocycles. The fourth-order valence-corrected chi connectivity index (χ4v) is 1.10. The second kappa shape index (κ2) is 8.07. The summed E-state index contributed by atoms with van der Waals surface area (Å²) >= 11 is 0. The molecule has 1 amide bonds. The van der Waals surface area contributed by atoms with Crippen LogP contribution < -0.4 is 5.73 Å². The van der Waals surface area contributed by atoms with Crippen LogP contribution in [0.25, 0.3) is 0 Å². The number of carbonyl (C=O) groups excluding carboxylic acids is 1. The highest BCUT2D eigenvalue weighted by Crippen LogP contribution is 2.04. The topological polar surface area (TPSA) is 103 Å². The summed E-state index contributed by atoms with van der Waals surface area (Å²) in [6, 6.07) is 3.64. The molecule has 1 heterocycles. The lowest BCUT2D eigenvalue weighted by Gasteiger charge is -2.16.